The van der Waals surface area contributed by atoms with Crippen LogP contribution in [-0.4, -0.2) is 17.4 Å². The fourth-order valence-corrected chi connectivity index (χ4v) is 1.14. The van der Waals surface area contributed by atoms with E-state index in [0.717, 1.165) is 0 Å². The molecule has 0 unspecified atom stereocenters. The number of carbonyl (C=O) groups is 1. The molecule has 18 heavy (non-hydrogen) atoms. The molecule has 0 saturated heterocycles. The predicted molar refractivity (Wildman–Crippen MR) is 45.1 cm³/mol. The first-order valence-corrected chi connectivity index (χ1v) is 4.21. The van der Waals surface area contributed by atoms with Crippen LogP contribution in [0.4, 0.5) is 26.3 Å². The van der Waals surface area contributed by atoms with E-state index < -0.39 is 35.4 Å². The lowest BCUT2D eigenvalue weighted by molar-refractivity contribution is -0.274. The molecule has 0 aliphatic rings. The lowest BCUT2D eigenvalue weighted by atomic mass is 10.1. The minimum atomic E-state index is -5.12. The third-order valence-corrected chi connectivity index (χ3v) is 1.76. The van der Waals surface area contributed by atoms with E-state index in [-0.39, 0.29) is 12.1 Å². The molecule has 0 radical (unpaired) electrons. The zero-order chi connectivity index (χ0) is 14.1. The Labute approximate surface area is 95.6 Å². The number of carboxylic acids is 1. The number of ether oxygens (including phenoxy) is 1. The van der Waals surface area contributed by atoms with Gasteiger partial charge in [-0.1, -0.05) is 0 Å². The van der Waals surface area contributed by atoms with Gasteiger partial charge in [0.1, 0.15) is 5.75 Å². The Morgan fingerprint density at radius 3 is 2.06 bits per heavy atom. The van der Waals surface area contributed by atoms with Crippen molar-refractivity contribution in [2.24, 2.45) is 0 Å². The first-order valence-electron chi connectivity index (χ1n) is 4.21. The van der Waals surface area contributed by atoms with Crippen LogP contribution in [0.25, 0.3) is 0 Å². The van der Waals surface area contributed by atoms with E-state index in [0.29, 0.717) is 6.07 Å². The summed E-state index contributed by atoms with van der Waals surface area (Å²) in [6.45, 7) is 0. The van der Waals surface area contributed by atoms with Gasteiger partial charge in [-0.05, 0) is 18.2 Å². The number of hydrogen-bond acceptors (Lipinski definition) is 2. The van der Waals surface area contributed by atoms with Crippen molar-refractivity contribution >= 4 is 5.97 Å². The lowest BCUT2D eigenvalue weighted by Crippen LogP contribution is -2.18. The molecule has 9 heteroatoms. The van der Waals surface area contributed by atoms with Gasteiger partial charge in [0, 0.05) is 0 Å². The van der Waals surface area contributed by atoms with E-state index in [1.54, 1.807) is 0 Å². The topological polar surface area (TPSA) is 46.5 Å². The minimum absolute atomic E-state index is 0.165. The Balaban J connectivity index is 3.24. The summed E-state index contributed by atoms with van der Waals surface area (Å²) in [6, 6.07) is 0.770. The Hall–Kier alpha value is -1.93. The molecule has 0 saturated carbocycles. The number of aromatic carboxylic acids is 1. The summed E-state index contributed by atoms with van der Waals surface area (Å²) in [5.74, 6) is -3.04. The lowest BCUT2D eigenvalue weighted by Gasteiger charge is -2.13. The third kappa shape index (κ3) is 3.54. The normalized spacial score (nSPS) is 12.3. The average molecular weight is 274 g/mol. The number of alkyl halides is 6. The summed E-state index contributed by atoms with van der Waals surface area (Å²) in [6.07, 6.45) is -10.1. The van der Waals surface area contributed by atoms with Crippen LogP contribution in [0.3, 0.4) is 0 Å². The first-order chi connectivity index (χ1) is 8.00. The van der Waals surface area contributed by atoms with E-state index in [4.69, 9.17) is 5.11 Å². The molecule has 0 aliphatic carbocycles. The number of rotatable bonds is 2. The molecule has 1 aromatic rings. The maximum atomic E-state index is 12.4. The second kappa shape index (κ2) is 4.39. The highest BCUT2D eigenvalue weighted by molar-refractivity contribution is 5.90. The van der Waals surface area contributed by atoms with Crippen molar-refractivity contribution in [2.45, 2.75) is 12.5 Å². The molecule has 1 N–H and O–H groups in total. The molecule has 0 aromatic heterocycles. The van der Waals surface area contributed by atoms with Crippen molar-refractivity contribution in [3.05, 3.63) is 29.3 Å². The molecule has 1 rings (SSSR count). The van der Waals surface area contributed by atoms with Crippen molar-refractivity contribution in [1.29, 1.82) is 0 Å². The summed E-state index contributed by atoms with van der Waals surface area (Å²) < 4.78 is 75.8. The Morgan fingerprint density at radius 1 is 1.11 bits per heavy atom. The van der Waals surface area contributed by atoms with Gasteiger partial charge in [0.25, 0.3) is 0 Å². The van der Waals surface area contributed by atoms with E-state index in [9.17, 15) is 31.1 Å². The zero-order valence-corrected chi connectivity index (χ0v) is 8.26. The molecule has 0 bridgehead atoms. The van der Waals surface area contributed by atoms with Gasteiger partial charge in [0.15, 0.2) is 0 Å². The highest BCUT2D eigenvalue weighted by Gasteiger charge is 2.37. The average Bonchev–Trinajstić information content (AvgIpc) is 2.12. The maximum Gasteiger partial charge on any atom is 0.573 e. The fraction of sp³-hybridized carbons (Fsp3) is 0.222. The predicted octanol–water partition coefficient (Wildman–Crippen LogP) is 3.30. The van der Waals surface area contributed by atoms with Gasteiger partial charge < -0.3 is 9.84 Å². The molecule has 0 fully saturated rings. The van der Waals surface area contributed by atoms with Crippen LogP contribution in [0.15, 0.2) is 18.2 Å². The van der Waals surface area contributed by atoms with Crippen molar-refractivity contribution in [3.63, 3.8) is 0 Å². The van der Waals surface area contributed by atoms with Crippen LogP contribution in [0.1, 0.15) is 15.9 Å². The van der Waals surface area contributed by atoms with E-state index in [2.05, 4.69) is 4.74 Å². The van der Waals surface area contributed by atoms with Crippen LogP contribution in [0, 0.1) is 0 Å². The smallest absolute Gasteiger partial charge is 0.478 e. The summed E-state index contributed by atoms with van der Waals surface area (Å²) in [5.41, 5.74) is -2.87. The van der Waals surface area contributed by atoms with E-state index in [1.165, 1.54) is 0 Å². The first kappa shape index (κ1) is 14.1. The van der Waals surface area contributed by atoms with Gasteiger partial charge in [-0.2, -0.15) is 13.2 Å². The summed E-state index contributed by atoms with van der Waals surface area (Å²) in [5, 5.41) is 8.51. The molecule has 100 valence electrons. The molecule has 0 heterocycles. The van der Waals surface area contributed by atoms with Crippen LogP contribution in [0.5, 0.6) is 5.75 Å². The second-order valence-corrected chi connectivity index (χ2v) is 3.06. The van der Waals surface area contributed by atoms with E-state index in [1.807, 2.05) is 0 Å². The molecule has 1 aromatic carbocycles. The molecule has 0 aliphatic heterocycles. The van der Waals surface area contributed by atoms with Crippen LogP contribution in [-0.2, 0) is 6.18 Å². The van der Waals surface area contributed by atoms with Gasteiger partial charge in [-0.25, -0.2) is 4.79 Å². The van der Waals surface area contributed by atoms with Gasteiger partial charge in [0.05, 0.1) is 11.1 Å². The van der Waals surface area contributed by atoms with Gasteiger partial charge >= 0.3 is 18.5 Å². The van der Waals surface area contributed by atoms with Crippen LogP contribution in [0.2, 0.25) is 0 Å². The van der Waals surface area contributed by atoms with E-state index >= 15 is 0 Å². The Morgan fingerprint density at radius 2 is 1.67 bits per heavy atom. The monoisotopic (exact) mass is 274 g/mol. The van der Waals surface area contributed by atoms with Crippen molar-refractivity contribution in [1.82, 2.24) is 0 Å². The van der Waals surface area contributed by atoms with Crippen LogP contribution < -0.4 is 4.74 Å². The summed E-state index contributed by atoms with van der Waals surface area (Å²) in [4.78, 5) is 10.5. The van der Waals surface area contributed by atoms with Gasteiger partial charge in [0.2, 0.25) is 0 Å². The third-order valence-electron chi connectivity index (χ3n) is 1.76. The molecule has 0 amide bonds. The highest BCUT2D eigenvalue weighted by Crippen LogP contribution is 2.34. The SMILES string of the molecule is O=C(O)c1cc(OC(F)(F)F)ccc1C(F)(F)F. The quantitative estimate of drug-likeness (QED) is 0.841. The Bertz CT molecular complexity index is 462. The van der Waals surface area contributed by atoms with Gasteiger partial charge in [-0.3, -0.25) is 0 Å². The zero-order valence-electron chi connectivity index (χ0n) is 8.26. The number of benzene rings is 1. The van der Waals surface area contributed by atoms with Crippen molar-refractivity contribution in [3.8, 4) is 5.75 Å². The molecule has 0 atom stereocenters. The largest absolute Gasteiger partial charge is 0.573 e. The number of halogens is 6. The summed E-state index contributed by atoms with van der Waals surface area (Å²) >= 11 is 0. The Kier molecular flexibility index (Phi) is 3.45. The minimum Gasteiger partial charge on any atom is -0.478 e. The standard InChI is InChI=1S/C9H4F6O3/c10-8(11,12)6-2-1-4(18-9(13,14)15)3-5(6)7(16)17/h1-3H,(H,16,17). The maximum absolute atomic E-state index is 12.4. The molecular weight excluding hydrogens is 270 g/mol. The second-order valence-electron chi connectivity index (χ2n) is 3.06. The number of hydrogen-bond donors (Lipinski definition) is 1. The summed E-state index contributed by atoms with van der Waals surface area (Å²) in [7, 11) is 0. The molecular formula is C9H4F6O3. The van der Waals surface area contributed by atoms with Crippen molar-refractivity contribution < 1.29 is 41.0 Å². The van der Waals surface area contributed by atoms with Crippen LogP contribution >= 0.6 is 0 Å². The molecule has 3 nitrogen and oxygen atoms in total. The fourth-order valence-electron chi connectivity index (χ4n) is 1.14. The van der Waals surface area contributed by atoms with Gasteiger partial charge in [-0.15, -0.1) is 13.2 Å². The number of carboxylic acid groups (broad SMARTS) is 1. The van der Waals surface area contributed by atoms with Crippen molar-refractivity contribution in [2.75, 3.05) is 0 Å². The molecule has 0 spiro atoms. The highest BCUT2D eigenvalue weighted by atomic mass is 19.4.